The summed E-state index contributed by atoms with van der Waals surface area (Å²) < 4.78 is 47.3. The topological polar surface area (TPSA) is 105 Å². The molecule has 10 heteroatoms. The van der Waals surface area contributed by atoms with E-state index in [1.54, 1.807) is 43.3 Å². The summed E-state index contributed by atoms with van der Waals surface area (Å²) in [7, 11) is -1.87. The van der Waals surface area contributed by atoms with Gasteiger partial charge in [0, 0.05) is 18.5 Å². The van der Waals surface area contributed by atoms with E-state index >= 15 is 0 Å². The largest absolute Gasteiger partial charge is 0.465 e. The minimum absolute atomic E-state index is 0.0663. The number of carbonyl (C=O) groups excluding carboxylic acids is 2. The summed E-state index contributed by atoms with van der Waals surface area (Å²) in [5, 5.41) is 3.00. The number of nitrogens with zero attached hydrogens (tertiary/aromatic N) is 1. The van der Waals surface area contributed by atoms with Gasteiger partial charge in [-0.1, -0.05) is 42.5 Å². The van der Waals surface area contributed by atoms with Crippen LogP contribution in [0.2, 0.25) is 0 Å². The Morgan fingerprint density at radius 2 is 1.65 bits per heavy atom. The van der Waals surface area contributed by atoms with E-state index in [4.69, 9.17) is 4.74 Å². The number of carbonyl (C=O) groups is 2. The van der Waals surface area contributed by atoms with E-state index in [0.717, 1.165) is 22.3 Å². The molecular weight excluding hydrogens is 569 g/mol. The zero-order chi connectivity index (χ0) is 31.0. The van der Waals surface area contributed by atoms with Gasteiger partial charge in [-0.3, -0.25) is 14.5 Å². The van der Waals surface area contributed by atoms with Crippen LogP contribution < -0.4 is 10.0 Å². The van der Waals surface area contributed by atoms with Gasteiger partial charge in [-0.25, -0.2) is 17.5 Å². The number of rotatable bonds is 12. The number of ether oxygens (including phenoxy) is 1. The van der Waals surface area contributed by atoms with Gasteiger partial charge in [-0.2, -0.15) is 0 Å². The Morgan fingerprint density at radius 1 is 0.977 bits per heavy atom. The molecule has 0 saturated heterocycles. The van der Waals surface area contributed by atoms with Gasteiger partial charge >= 0.3 is 5.97 Å². The number of halogens is 1. The van der Waals surface area contributed by atoms with E-state index in [2.05, 4.69) is 10.0 Å². The lowest BCUT2D eigenvalue weighted by Crippen LogP contribution is -2.41. The molecule has 1 atom stereocenters. The quantitative estimate of drug-likeness (QED) is 0.274. The lowest BCUT2D eigenvalue weighted by atomic mass is 9.85. The summed E-state index contributed by atoms with van der Waals surface area (Å²) in [6.07, 6.45) is 2.30. The summed E-state index contributed by atoms with van der Waals surface area (Å²) in [4.78, 5) is 26.6. The van der Waals surface area contributed by atoms with E-state index in [1.807, 2.05) is 43.1 Å². The Balaban J connectivity index is 1.29. The highest BCUT2D eigenvalue weighted by atomic mass is 32.2. The van der Waals surface area contributed by atoms with Crippen LogP contribution in [0, 0.1) is 11.7 Å². The molecule has 1 aliphatic carbocycles. The van der Waals surface area contributed by atoms with Crippen molar-refractivity contribution in [3.05, 3.63) is 89.7 Å². The van der Waals surface area contributed by atoms with Gasteiger partial charge in [-0.15, -0.1) is 0 Å². The average molecular weight is 610 g/mol. The number of esters is 1. The Bertz CT molecular complexity index is 1490. The van der Waals surface area contributed by atoms with E-state index < -0.39 is 10.0 Å². The number of hydrogen-bond acceptors (Lipinski definition) is 6. The molecule has 0 unspecified atom stereocenters. The molecule has 3 aromatic carbocycles. The number of hydrogen-bond donors (Lipinski definition) is 2. The lowest BCUT2D eigenvalue weighted by molar-refractivity contribution is -0.144. The first-order valence-corrected chi connectivity index (χ1v) is 16.1. The molecule has 1 fully saturated rings. The Morgan fingerprint density at radius 3 is 2.30 bits per heavy atom. The lowest BCUT2D eigenvalue weighted by Gasteiger charge is -2.29. The van der Waals surface area contributed by atoms with Crippen molar-refractivity contribution in [2.75, 3.05) is 20.2 Å². The Hall–Kier alpha value is -3.60. The highest BCUT2D eigenvalue weighted by Gasteiger charge is 2.30. The van der Waals surface area contributed by atoms with E-state index in [9.17, 15) is 22.4 Å². The maximum absolute atomic E-state index is 13.2. The highest BCUT2D eigenvalue weighted by Crippen LogP contribution is 2.28. The molecule has 0 aromatic heterocycles. The van der Waals surface area contributed by atoms with Gasteiger partial charge in [0.05, 0.1) is 24.1 Å². The van der Waals surface area contributed by atoms with Crippen LogP contribution >= 0.6 is 0 Å². The average Bonchev–Trinajstić information content (AvgIpc) is 2.98. The van der Waals surface area contributed by atoms with Crippen molar-refractivity contribution in [1.82, 2.24) is 14.9 Å². The van der Waals surface area contributed by atoms with Crippen LogP contribution in [-0.2, 0) is 30.9 Å². The van der Waals surface area contributed by atoms with Crippen LogP contribution in [0.5, 0.6) is 0 Å². The predicted octanol–water partition coefficient (Wildman–Crippen LogP) is 5.20. The smallest absolute Gasteiger partial charge is 0.320 e. The third-order valence-corrected chi connectivity index (χ3v) is 9.27. The van der Waals surface area contributed by atoms with Crippen molar-refractivity contribution in [3.8, 4) is 11.1 Å². The molecule has 0 bridgehead atoms. The van der Waals surface area contributed by atoms with E-state index in [1.165, 1.54) is 12.1 Å². The maximum Gasteiger partial charge on any atom is 0.320 e. The summed E-state index contributed by atoms with van der Waals surface area (Å²) in [5.74, 6) is -0.844. The fourth-order valence-corrected chi connectivity index (χ4v) is 6.70. The van der Waals surface area contributed by atoms with Gasteiger partial charge in [0.1, 0.15) is 5.82 Å². The van der Waals surface area contributed by atoms with Crippen molar-refractivity contribution >= 4 is 21.9 Å². The third-order valence-electron chi connectivity index (χ3n) is 7.73. The van der Waals surface area contributed by atoms with Crippen LogP contribution in [0.3, 0.4) is 0 Å². The first kappa shape index (κ1) is 32.3. The molecule has 0 spiro atoms. The van der Waals surface area contributed by atoms with Gasteiger partial charge in [0.15, 0.2) is 0 Å². The summed E-state index contributed by atoms with van der Waals surface area (Å²) in [6.45, 7) is 4.76. The Kier molecular flexibility index (Phi) is 11.1. The van der Waals surface area contributed by atoms with Crippen LogP contribution in [0.15, 0.2) is 77.7 Å². The molecular formula is C33H40FN3O5S. The van der Waals surface area contributed by atoms with Crippen molar-refractivity contribution in [1.29, 1.82) is 0 Å². The molecule has 3 aromatic rings. The number of likely N-dealkylation sites (N-methyl/N-ethyl adjacent to an activating group) is 1. The highest BCUT2D eigenvalue weighted by molar-refractivity contribution is 7.89. The zero-order valence-corrected chi connectivity index (χ0v) is 25.7. The minimum Gasteiger partial charge on any atom is -0.465 e. The fraction of sp³-hybridized carbons (Fsp3) is 0.394. The number of nitrogens with one attached hydrogen (secondary N) is 2. The SMILES string of the molecule is CCOC(=O)CN(C)Cc1cccc(-c2ccc(S(=O)(=O)NC3CCC(C(=O)N[C@H](C)c4ccc(F)cc4)CC3)cc2)c1. The standard InChI is InChI=1S/C33H40FN3O5S/c1-4-42-32(38)22-37(3)21-24-6-5-7-28(20-24)26-12-18-31(19-13-26)43(40,41)36-30-16-10-27(11-17-30)33(39)35-23(2)25-8-14-29(34)15-9-25/h5-9,12-15,18-20,23,27,30,36H,4,10-11,16-17,21-22H2,1-3H3,(H,35,39)/t23-,27?,30?/m1/s1. The monoisotopic (exact) mass is 609 g/mol. The van der Waals surface area contributed by atoms with Crippen molar-refractivity contribution in [2.45, 2.75) is 63.1 Å². The fourth-order valence-electron chi connectivity index (χ4n) is 5.40. The summed E-state index contributed by atoms with van der Waals surface area (Å²) in [6, 6.07) is 20.3. The number of amides is 1. The van der Waals surface area contributed by atoms with Gasteiger partial charge in [0.2, 0.25) is 15.9 Å². The molecule has 0 aliphatic heterocycles. The minimum atomic E-state index is -3.73. The first-order chi connectivity index (χ1) is 20.5. The summed E-state index contributed by atoms with van der Waals surface area (Å²) in [5.41, 5.74) is 3.69. The van der Waals surface area contributed by atoms with Crippen LogP contribution in [0.4, 0.5) is 4.39 Å². The van der Waals surface area contributed by atoms with E-state index in [0.29, 0.717) is 38.8 Å². The molecule has 0 heterocycles. The third kappa shape index (κ3) is 9.19. The van der Waals surface area contributed by atoms with Gasteiger partial charge in [0.25, 0.3) is 0 Å². The summed E-state index contributed by atoms with van der Waals surface area (Å²) >= 11 is 0. The number of benzene rings is 3. The molecule has 2 N–H and O–H groups in total. The molecule has 230 valence electrons. The Labute approximate surface area is 253 Å². The number of sulfonamides is 1. The normalized spacial score (nSPS) is 17.8. The van der Waals surface area contributed by atoms with Crippen LogP contribution in [-0.4, -0.2) is 51.4 Å². The molecule has 0 radical (unpaired) electrons. The molecule has 1 saturated carbocycles. The second-order valence-electron chi connectivity index (χ2n) is 11.2. The molecule has 8 nitrogen and oxygen atoms in total. The van der Waals surface area contributed by atoms with Crippen molar-refractivity contribution < 1.29 is 27.1 Å². The zero-order valence-electron chi connectivity index (χ0n) is 24.9. The van der Waals surface area contributed by atoms with Crippen molar-refractivity contribution in [2.24, 2.45) is 5.92 Å². The van der Waals surface area contributed by atoms with Gasteiger partial charge in [-0.05, 0) is 99.2 Å². The maximum atomic E-state index is 13.2. The molecule has 1 amide bonds. The molecule has 4 rings (SSSR count). The second-order valence-corrected chi connectivity index (χ2v) is 12.9. The van der Waals surface area contributed by atoms with E-state index in [-0.39, 0.29) is 47.1 Å². The van der Waals surface area contributed by atoms with Gasteiger partial charge < -0.3 is 10.1 Å². The first-order valence-electron chi connectivity index (χ1n) is 14.7. The van der Waals surface area contributed by atoms with Crippen LogP contribution in [0.1, 0.15) is 56.7 Å². The van der Waals surface area contributed by atoms with Crippen molar-refractivity contribution in [3.63, 3.8) is 0 Å². The second kappa shape index (κ2) is 14.7. The molecule has 43 heavy (non-hydrogen) atoms. The van der Waals surface area contributed by atoms with Crippen LogP contribution in [0.25, 0.3) is 11.1 Å². The molecule has 1 aliphatic rings. The predicted molar refractivity (Wildman–Crippen MR) is 164 cm³/mol.